The van der Waals surface area contributed by atoms with E-state index in [4.69, 9.17) is 5.73 Å². The molecule has 0 saturated heterocycles. The average molecular weight is 238 g/mol. The molecule has 1 aromatic rings. The van der Waals surface area contributed by atoms with Gasteiger partial charge in [-0.15, -0.1) is 11.3 Å². The predicted molar refractivity (Wildman–Crippen MR) is 63.3 cm³/mol. The lowest BCUT2D eigenvalue weighted by Gasteiger charge is -2.13. The van der Waals surface area contributed by atoms with Crippen LogP contribution >= 0.6 is 11.3 Å². The number of hydrogen-bond acceptors (Lipinski definition) is 5. The number of nitrogens with two attached hydrogens (primary N) is 1. The second kappa shape index (κ2) is 3.55. The molecule has 0 spiro atoms. The number of rotatable bonds is 1. The van der Waals surface area contributed by atoms with Crippen LogP contribution in [0.1, 0.15) is 37.5 Å². The first-order valence-electron chi connectivity index (χ1n) is 4.98. The zero-order chi connectivity index (χ0) is 11.9. The summed E-state index contributed by atoms with van der Waals surface area (Å²) in [6.45, 7) is 6.26. The summed E-state index contributed by atoms with van der Waals surface area (Å²) in [6.07, 6.45) is 0. The van der Waals surface area contributed by atoms with Crippen molar-refractivity contribution in [3.63, 3.8) is 0 Å². The fraction of sp³-hybridized carbons (Fsp3) is 0.500. The number of aliphatic imine (C=N–C) groups is 1. The van der Waals surface area contributed by atoms with Gasteiger partial charge in [-0.05, 0) is 0 Å². The summed E-state index contributed by atoms with van der Waals surface area (Å²) in [6, 6.07) is -0.577. The zero-order valence-electron chi connectivity index (χ0n) is 9.44. The number of carbonyl (C=O) groups is 1. The molecule has 0 saturated carbocycles. The molecule has 0 aliphatic carbocycles. The van der Waals surface area contributed by atoms with Crippen molar-refractivity contribution < 1.29 is 4.79 Å². The van der Waals surface area contributed by atoms with Crippen molar-refractivity contribution in [2.24, 2.45) is 10.7 Å². The van der Waals surface area contributed by atoms with E-state index >= 15 is 0 Å². The highest BCUT2D eigenvalue weighted by Gasteiger charge is 2.30. The van der Waals surface area contributed by atoms with E-state index in [2.05, 4.69) is 36.1 Å². The summed E-state index contributed by atoms with van der Waals surface area (Å²) in [4.78, 5) is 20.0. The Hall–Kier alpha value is -1.43. The van der Waals surface area contributed by atoms with E-state index in [1.165, 1.54) is 0 Å². The normalized spacial score (nSPS) is 20.8. The highest BCUT2D eigenvalue weighted by molar-refractivity contribution is 7.09. The molecule has 2 rings (SSSR count). The summed E-state index contributed by atoms with van der Waals surface area (Å²) in [5, 5.41) is 5.33. The lowest BCUT2D eigenvalue weighted by molar-refractivity contribution is -0.120. The van der Waals surface area contributed by atoms with Gasteiger partial charge in [0.15, 0.2) is 12.0 Å². The van der Waals surface area contributed by atoms with Crippen LogP contribution in [0.2, 0.25) is 0 Å². The average Bonchev–Trinajstić information content (AvgIpc) is 2.70. The van der Waals surface area contributed by atoms with Gasteiger partial charge in [-0.1, -0.05) is 20.8 Å². The SMILES string of the molecule is CC(C)(C)c1nc(C2N=C(N)NC2=O)cs1. The lowest BCUT2D eigenvalue weighted by atomic mass is 9.98. The third-order valence-electron chi connectivity index (χ3n) is 2.21. The largest absolute Gasteiger partial charge is 0.370 e. The molecule has 1 aliphatic heterocycles. The fourth-order valence-electron chi connectivity index (χ4n) is 1.38. The predicted octanol–water partition coefficient (Wildman–Crippen LogP) is 0.926. The maximum atomic E-state index is 11.5. The highest BCUT2D eigenvalue weighted by atomic mass is 32.1. The van der Waals surface area contributed by atoms with Gasteiger partial charge in [-0.2, -0.15) is 0 Å². The smallest absolute Gasteiger partial charge is 0.257 e. The maximum absolute atomic E-state index is 11.5. The fourth-order valence-corrected chi connectivity index (χ4v) is 2.31. The van der Waals surface area contributed by atoms with Gasteiger partial charge >= 0.3 is 0 Å². The molecule has 86 valence electrons. The van der Waals surface area contributed by atoms with E-state index in [0.717, 1.165) is 5.01 Å². The van der Waals surface area contributed by atoms with Crippen LogP contribution in [0.25, 0.3) is 0 Å². The minimum atomic E-state index is -0.577. The molecule has 1 unspecified atom stereocenters. The van der Waals surface area contributed by atoms with E-state index in [0.29, 0.717) is 5.69 Å². The zero-order valence-corrected chi connectivity index (χ0v) is 10.3. The van der Waals surface area contributed by atoms with Gasteiger partial charge in [0.05, 0.1) is 10.7 Å². The Balaban J connectivity index is 2.29. The molecule has 0 fully saturated rings. The topological polar surface area (TPSA) is 80.4 Å². The van der Waals surface area contributed by atoms with E-state index < -0.39 is 6.04 Å². The molecular weight excluding hydrogens is 224 g/mol. The summed E-state index contributed by atoms with van der Waals surface area (Å²) in [5.41, 5.74) is 6.11. The first kappa shape index (κ1) is 11.1. The maximum Gasteiger partial charge on any atom is 0.257 e. The first-order valence-corrected chi connectivity index (χ1v) is 5.86. The third kappa shape index (κ3) is 1.92. The number of nitrogens with one attached hydrogen (secondary N) is 1. The number of aromatic nitrogens is 1. The molecule has 3 N–H and O–H groups in total. The summed E-state index contributed by atoms with van der Waals surface area (Å²) >= 11 is 1.55. The molecule has 6 heteroatoms. The Bertz CT molecular complexity index is 458. The van der Waals surface area contributed by atoms with Crippen molar-refractivity contribution in [2.75, 3.05) is 0 Å². The van der Waals surface area contributed by atoms with Crippen LogP contribution in [0.3, 0.4) is 0 Å². The summed E-state index contributed by atoms with van der Waals surface area (Å²) in [7, 11) is 0. The van der Waals surface area contributed by atoms with Gasteiger partial charge in [-0.25, -0.2) is 9.98 Å². The van der Waals surface area contributed by atoms with Crippen LogP contribution in [0.5, 0.6) is 0 Å². The number of nitrogens with zero attached hydrogens (tertiary/aromatic N) is 2. The standard InChI is InChI=1S/C10H14N4OS/c1-10(2,3)8-12-5(4-16-8)6-7(15)14-9(11)13-6/h4,6H,1-3H3,(H3,11,13,14,15). The van der Waals surface area contributed by atoms with Crippen molar-refractivity contribution in [1.29, 1.82) is 0 Å². The molecule has 16 heavy (non-hydrogen) atoms. The van der Waals surface area contributed by atoms with Crippen molar-refractivity contribution in [3.05, 3.63) is 16.1 Å². The van der Waals surface area contributed by atoms with E-state index in [-0.39, 0.29) is 17.3 Å². The molecule has 0 bridgehead atoms. The Morgan fingerprint density at radius 2 is 2.19 bits per heavy atom. The second-order valence-corrected chi connectivity index (χ2v) is 5.59. The monoisotopic (exact) mass is 238 g/mol. The van der Waals surface area contributed by atoms with Crippen LogP contribution in [0.4, 0.5) is 0 Å². The van der Waals surface area contributed by atoms with Crippen LogP contribution in [-0.4, -0.2) is 16.9 Å². The van der Waals surface area contributed by atoms with Gasteiger partial charge in [0.1, 0.15) is 0 Å². The summed E-state index contributed by atoms with van der Waals surface area (Å²) < 4.78 is 0. The van der Waals surface area contributed by atoms with Crippen LogP contribution < -0.4 is 11.1 Å². The number of amides is 1. The Morgan fingerprint density at radius 1 is 1.50 bits per heavy atom. The minimum absolute atomic E-state index is 0.00669. The quantitative estimate of drug-likeness (QED) is 0.763. The Kier molecular flexibility index (Phi) is 2.46. The molecule has 1 atom stereocenters. The molecule has 1 aromatic heterocycles. The van der Waals surface area contributed by atoms with Gasteiger partial charge < -0.3 is 5.73 Å². The molecule has 1 amide bonds. The van der Waals surface area contributed by atoms with Crippen molar-refractivity contribution in [2.45, 2.75) is 32.2 Å². The molecular formula is C10H14N4OS. The van der Waals surface area contributed by atoms with Crippen molar-refractivity contribution >= 4 is 23.2 Å². The van der Waals surface area contributed by atoms with E-state index in [9.17, 15) is 4.79 Å². The van der Waals surface area contributed by atoms with Crippen molar-refractivity contribution in [3.8, 4) is 0 Å². The van der Waals surface area contributed by atoms with Gasteiger partial charge in [0, 0.05) is 10.8 Å². The van der Waals surface area contributed by atoms with Gasteiger partial charge in [0.2, 0.25) is 0 Å². The first-order chi connectivity index (χ1) is 7.38. The minimum Gasteiger partial charge on any atom is -0.370 e. The number of hydrogen-bond donors (Lipinski definition) is 2. The number of carbonyl (C=O) groups excluding carboxylic acids is 1. The summed E-state index contributed by atoms with van der Waals surface area (Å²) in [5.74, 6) is -0.0384. The lowest BCUT2D eigenvalue weighted by Crippen LogP contribution is -2.31. The Morgan fingerprint density at radius 3 is 2.62 bits per heavy atom. The van der Waals surface area contributed by atoms with E-state index in [1.54, 1.807) is 11.3 Å². The molecule has 0 radical (unpaired) electrons. The third-order valence-corrected chi connectivity index (χ3v) is 3.50. The van der Waals surface area contributed by atoms with Crippen molar-refractivity contribution in [1.82, 2.24) is 10.3 Å². The highest BCUT2D eigenvalue weighted by Crippen LogP contribution is 2.29. The molecule has 5 nitrogen and oxygen atoms in total. The molecule has 2 heterocycles. The molecule has 0 aromatic carbocycles. The van der Waals surface area contributed by atoms with Crippen LogP contribution in [0.15, 0.2) is 10.4 Å². The Labute approximate surface area is 97.8 Å². The van der Waals surface area contributed by atoms with Crippen LogP contribution in [0, 0.1) is 0 Å². The van der Waals surface area contributed by atoms with E-state index in [1.807, 2.05) is 5.38 Å². The number of thiazole rings is 1. The molecule has 1 aliphatic rings. The number of guanidine groups is 1. The van der Waals surface area contributed by atoms with Gasteiger partial charge in [0.25, 0.3) is 5.91 Å². The second-order valence-electron chi connectivity index (χ2n) is 4.73. The van der Waals surface area contributed by atoms with Gasteiger partial charge in [-0.3, -0.25) is 10.1 Å². The van der Waals surface area contributed by atoms with Crippen LogP contribution in [-0.2, 0) is 10.2 Å².